The first-order valence-electron chi connectivity index (χ1n) is 7.85. The average molecular weight is 317 g/mol. The number of piperidine rings is 1. The van der Waals surface area contributed by atoms with Gasteiger partial charge in [-0.3, -0.25) is 9.89 Å². The van der Waals surface area contributed by atoms with E-state index in [1.807, 2.05) is 11.8 Å². The van der Waals surface area contributed by atoms with Crippen molar-refractivity contribution in [2.24, 2.45) is 0 Å². The maximum absolute atomic E-state index is 12.9. The third-order valence-corrected chi connectivity index (χ3v) is 4.54. The van der Waals surface area contributed by atoms with Crippen molar-refractivity contribution < 1.29 is 18.7 Å². The van der Waals surface area contributed by atoms with Crippen LogP contribution in [0.15, 0.2) is 22.8 Å². The molecule has 23 heavy (non-hydrogen) atoms. The number of amides is 1. The normalized spacial score (nSPS) is 20.3. The van der Waals surface area contributed by atoms with Crippen LogP contribution >= 0.6 is 0 Å². The molecule has 0 atom stereocenters. The summed E-state index contributed by atoms with van der Waals surface area (Å²) in [5.74, 6) is 0.0793. The SMILES string of the molecule is Cc1[nH]nc(-c2ccco2)c1C(=O)N1CCC2(CC1)OCCO2. The van der Waals surface area contributed by atoms with Crippen molar-refractivity contribution >= 4 is 5.91 Å². The molecule has 2 aromatic heterocycles. The number of H-pyrrole nitrogens is 1. The molecular formula is C16H19N3O4. The Balaban J connectivity index is 1.55. The Hall–Kier alpha value is -2.12. The number of aromatic amines is 1. The molecule has 4 rings (SSSR count). The Morgan fingerprint density at radius 2 is 2.04 bits per heavy atom. The maximum atomic E-state index is 12.9. The maximum Gasteiger partial charge on any atom is 0.258 e. The lowest BCUT2D eigenvalue weighted by atomic mass is 10.0. The summed E-state index contributed by atoms with van der Waals surface area (Å²) >= 11 is 0. The molecule has 2 fully saturated rings. The number of likely N-dealkylation sites (tertiary alicyclic amines) is 1. The second kappa shape index (κ2) is 5.50. The van der Waals surface area contributed by atoms with E-state index in [0.717, 1.165) is 5.69 Å². The number of rotatable bonds is 2. The van der Waals surface area contributed by atoms with Crippen molar-refractivity contribution in [3.63, 3.8) is 0 Å². The Morgan fingerprint density at radius 1 is 1.30 bits per heavy atom. The minimum Gasteiger partial charge on any atom is -0.463 e. The zero-order valence-electron chi connectivity index (χ0n) is 13.0. The van der Waals surface area contributed by atoms with Gasteiger partial charge in [0.25, 0.3) is 5.91 Å². The molecule has 4 heterocycles. The van der Waals surface area contributed by atoms with Crippen LogP contribution in [0, 0.1) is 6.92 Å². The Morgan fingerprint density at radius 3 is 2.70 bits per heavy atom. The molecule has 1 amide bonds. The zero-order chi connectivity index (χ0) is 15.9. The van der Waals surface area contributed by atoms with Crippen LogP contribution in [-0.2, 0) is 9.47 Å². The van der Waals surface area contributed by atoms with Crippen molar-refractivity contribution in [1.29, 1.82) is 0 Å². The molecular weight excluding hydrogens is 298 g/mol. The van der Waals surface area contributed by atoms with Crippen LogP contribution in [0.4, 0.5) is 0 Å². The second-order valence-electron chi connectivity index (χ2n) is 5.95. The lowest BCUT2D eigenvalue weighted by Gasteiger charge is -2.37. The second-order valence-corrected chi connectivity index (χ2v) is 5.95. The standard InChI is InChI=1S/C16H19N3O4/c1-11-13(14(18-17-11)12-3-2-8-21-12)15(20)19-6-4-16(5-7-19)22-9-10-23-16/h2-3,8H,4-7,9-10H2,1H3,(H,17,18). The van der Waals surface area contributed by atoms with E-state index in [0.29, 0.717) is 56.2 Å². The van der Waals surface area contributed by atoms with E-state index >= 15 is 0 Å². The van der Waals surface area contributed by atoms with Gasteiger partial charge < -0.3 is 18.8 Å². The molecule has 2 saturated heterocycles. The highest BCUT2D eigenvalue weighted by atomic mass is 16.7. The summed E-state index contributed by atoms with van der Waals surface area (Å²) in [7, 11) is 0. The molecule has 0 unspecified atom stereocenters. The monoisotopic (exact) mass is 317 g/mol. The molecule has 2 aliphatic heterocycles. The van der Waals surface area contributed by atoms with Gasteiger partial charge in [-0.25, -0.2) is 0 Å². The molecule has 0 saturated carbocycles. The fraction of sp³-hybridized carbons (Fsp3) is 0.500. The molecule has 0 aromatic carbocycles. The summed E-state index contributed by atoms with van der Waals surface area (Å²) in [6.07, 6.45) is 2.98. The molecule has 0 aliphatic carbocycles. The lowest BCUT2D eigenvalue weighted by molar-refractivity contribution is -0.181. The van der Waals surface area contributed by atoms with E-state index in [1.54, 1.807) is 18.4 Å². The summed E-state index contributed by atoms with van der Waals surface area (Å²) in [5.41, 5.74) is 1.88. The number of furan rings is 1. The summed E-state index contributed by atoms with van der Waals surface area (Å²) in [6.45, 7) is 4.35. The van der Waals surface area contributed by atoms with E-state index in [1.165, 1.54) is 0 Å². The zero-order valence-corrected chi connectivity index (χ0v) is 13.0. The molecule has 1 spiro atoms. The quantitative estimate of drug-likeness (QED) is 0.916. The molecule has 1 N–H and O–H groups in total. The molecule has 0 bridgehead atoms. The Bertz CT molecular complexity index is 691. The first-order valence-corrected chi connectivity index (χ1v) is 7.85. The smallest absolute Gasteiger partial charge is 0.258 e. The first kappa shape index (κ1) is 14.5. The number of carbonyl (C=O) groups is 1. The van der Waals surface area contributed by atoms with Crippen LogP contribution in [0.1, 0.15) is 28.9 Å². The lowest BCUT2D eigenvalue weighted by Crippen LogP contribution is -2.47. The van der Waals surface area contributed by atoms with Crippen LogP contribution < -0.4 is 0 Å². The van der Waals surface area contributed by atoms with Crippen molar-refractivity contribution in [3.05, 3.63) is 29.7 Å². The fourth-order valence-electron chi connectivity index (χ4n) is 3.28. The molecule has 2 aliphatic rings. The topological polar surface area (TPSA) is 80.6 Å². The number of hydrogen-bond donors (Lipinski definition) is 1. The number of aromatic nitrogens is 2. The van der Waals surface area contributed by atoms with Crippen molar-refractivity contribution in [2.45, 2.75) is 25.6 Å². The molecule has 122 valence electrons. The van der Waals surface area contributed by atoms with Crippen LogP contribution in [-0.4, -0.2) is 53.1 Å². The molecule has 7 heteroatoms. The van der Waals surface area contributed by atoms with Gasteiger partial charge in [-0.1, -0.05) is 0 Å². The van der Waals surface area contributed by atoms with E-state index in [2.05, 4.69) is 10.2 Å². The van der Waals surface area contributed by atoms with Gasteiger partial charge in [0.15, 0.2) is 11.5 Å². The number of hydrogen-bond acceptors (Lipinski definition) is 5. The van der Waals surface area contributed by atoms with E-state index in [9.17, 15) is 4.79 Å². The van der Waals surface area contributed by atoms with Crippen molar-refractivity contribution in [3.8, 4) is 11.5 Å². The average Bonchev–Trinajstić information content (AvgIpc) is 3.28. The van der Waals surface area contributed by atoms with Gasteiger partial charge in [-0.05, 0) is 19.1 Å². The molecule has 0 radical (unpaired) electrons. The Kier molecular flexibility index (Phi) is 3.46. The predicted octanol–water partition coefficient (Wildman–Crippen LogP) is 1.96. The van der Waals surface area contributed by atoms with Crippen LogP contribution in [0.3, 0.4) is 0 Å². The van der Waals surface area contributed by atoms with E-state index < -0.39 is 5.79 Å². The van der Waals surface area contributed by atoms with Gasteiger partial charge in [0.05, 0.1) is 25.0 Å². The number of nitrogens with one attached hydrogen (secondary N) is 1. The molecule has 7 nitrogen and oxygen atoms in total. The minimum atomic E-state index is -0.480. The minimum absolute atomic E-state index is 0.0319. The van der Waals surface area contributed by atoms with Gasteiger partial charge in [-0.15, -0.1) is 0 Å². The van der Waals surface area contributed by atoms with Crippen molar-refractivity contribution in [1.82, 2.24) is 15.1 Å². The summed E-state index contributed by atoms with van der Waals surface area (Å²) in [4.78, 5) is 14.8. The highest BCUT2D eigenvalue weighted by Crippen LogP contribution is 2.33. The number of aryl methyl sites for hydroxylation is 1. The van der Waals surface area contributed by atoms with Gasteiger partial charge in [0, 0.05) is 31.6 Å². The summed E-state index contributed by atoms with van der Waals surface area (Å²) in [5, 5.41) is 7.12. The van der Waals surface area contributed by atoms with Crippen molar-refractivity contribution in [2.75, 3.05) is 26.3 Å². The van der Waals surface area contributed by atoms with Gasteiger partial charge in [0.1, 0.15) is 5.69 Å². The van der Waals surface area contributed by atoms with Crippen LogP contribution in [0.5, 0.6) is 0 Å². The largest absolute Gasteiger partial charge is 0.463 e. The Labute approximate surface area is 133 Å². The fourth-order valence-corrected chi connectivity index (χ4v) is 3.28. The van der Waals surface area contributed by atoms with E-state index in [-0.39, 0.29) is 5.91 Å². The van der Waals surface area contributed by atoms with Gasteiger partial charge in [0.2, 0.25) is 0 Å². The summed E-state index contributed by atoms with van der Waals surface area (Å²) in [6, 6.07) is 3.59. The van der Waals surface area contributed by atoms with Gasteiger partial charge >= 0.3 is 0 Å². The third kappa shape index (κ3) is 2.46. The number of ether oxygens (including phenoxy) is 2. The number of nitrogens with zero attached hydrogens (tertiary/aromatic N) is 2. The third-order valence-electron chi connectivity index (χ3n) is 4.54. The molecule has 2 aromatic rings. The highest BCUT2D eigenvalue weighted by Gasteiger charge is 2.41. The van der Waals surface area contributed by atoms with E-state index in [4.69, 9.17) is 13.9 Å². The highest BCUT2D eigenvalue weighted by molar-refractivity contribution is 6.00. The first-order chi connectivity index (χ1) is 11.2. The van der Waals surface area contributed by atoms with Crippen LogP contribution in [0.25, 0.3) is 11.5 Å². The van der Waals surface area contributed by atoms with Gasteiger partial charge in [-0.2, -0.15) is 5.10 Å². The number of carbonyl (C=O) groups excluding carboxylic acids is 1. The summed E-state index contributed by atoms with van der Waals surface area (Å²) < 4.78 is 16.8. The predicted molar refractivity (Wildman–Crippen MR) is 80.8 cm³/mol. The van der Waals surface area contributed by atoms with Crippen LogP contribution in [0.2, 0.25) is 0 Å².